The Morgan fingerprint density at radius 2 is 2.33 bits per heavy atom. The van der Waals surface area contributed by atoms with Crippen molar-refractivity contribution >= 4 is 23.3 Å². The maximum absolute atomic E-state index is 12.3. The minimum atomic E-state index is -0.349. The van der Waals surface area contributed by atoms with Gasteiger partial charge in [0.1, 0.15) is 11.5 Å². The van der Waals surface area contributed by atoms with Gasteiger partial charge in [0, 0.05) is 13.1 Å². The first kappa shape index (κ1) is 13.1. The number of nitrogen functional groups attached to an aromatic ring is 1. The molecule has 0 saturated carbocycles. The van der Waals surface area contributed by atoms with Crippen molar-refractivity contribution in [1.82, 2.24) is 9.88 Å². The van der Waals surface area contributed by atoms with E-state index in [9.17, 15) is 9.90 Å². The summed E-state index contributed by atoms with van der Waals surface area (Å²) in [5.41, 5.74) is 5.74. The Morgan fingerprint density at radius 3 is 3.00 bits per heavy atom. The molecule has 2 unspecified atom stereocenters. The molecule has 1 amide bonds. The number of hydrogen-bond acceptors (Lipinski definition) is 4. The van der Waals surface area contributed by atoms with Gasteiger partial charge in [-0.05, 0) is 24.5 Å². The lowest BCUT2D eigenvalue weighted by molar-refractivity contribution is 0.0294. The van der Waals surface area contributed by atoms with Crippen LogP contribution < -0.4 is 5.73 Å². The highest BCUT2D eigenvalue weighted by Gasteiger charge is 2.29. The van der Waals surface area contributed by atoms with Crippen LogP contribution >= 0.6 is 11.6 Å². The largest absolute Gasteiger partial charge is 0.393 e. The molecule has 2 heterocycles. The molecule has 1 saturated heterocycles. The van der Waals surface area contributed by atoms with E-state index in [4.69, 9.17) is 17.3 Å². The zero-order valence-electron chi connectivity index (χ0n) is 10.1. The second-order valence-electron chi connectivity index (χ2n) is 4.65. The molecule has 1 fully saturated rings. The summed E-state index contributed by atoms with van der Waals surface area (Å²) < 4.78 is 0. The number of likely N-dealkylation sites (tertiary alicyclic amines) is 1. The van der Waals surface area contributed by atoms with E-state index >= 15 is 0 Å². The van der Waals surface area contributed by atoms with Crippen LogP contribution in [0.5, 0.6) is 0 Å². The molecule has 18 heavy (non-hydrogen) atoms. The number of carbonyl (C=O) groups excluding carboxylic acids is 1. The molecule has 1 aromatic rings. The first-order valence-electron chi connectivity index (χ1n) is 5.88. The van der Waals surface area contributed by atoms with Gasteiger partial charge in [0.2, 0.25) is 0 Å². The van der Waals surface area contributed by atoms with Crippen LogP contribution in [0, 0.1) is 5.92 Å². The van der Waals surface area contributed by atoms with Gasteiger partial charge >= 0.3 is 0 Å². The first-order chi connectivity index (χ1) is 8.49. The lowest BCUT2D eigenvalue weighted by Gasteiger charge is -2.34. The smallest absolute Gasteiger partial charge is 0.274 e. The second-order valence-corrected chi connectivity index (χ2v) is 5.06. The van der Waals surface area contributed by atoms with E-state index in [1.165, 1.54) is 0 Å². The average Bonchev–Trinajstić information content (AvgIpc) is 2.35. The van der Waals surface area contributed by atoms with Crippen LogP contribution in [0.4, 0.5) is 5.82 Å². The standard InChI is InChI=1S/C12H16ClN3O2/c1-7-6-16(5-4-9(7)17)12(18)11-8(13)2-3-10(14)15-11/h2-3,7,9,17H,4-6H2,1H3,(H2,14,15). The number of anilines is 1. The summed E-state index contributed by atoms with van der Waals surface area (Å²) in [4.78, 5) is 17.9. The average molecular weight is 270 g/mol. The molecule has 1 aromatic heterocycles. The summed E-state index contributed by atoms with van der Waals surface area (Å²) in [6.45, 7) is 2.93. The van der Waals surface area contributed by atoms with Crippen molar-refractivity contribution in [3.8, 4) is 0 Å². The minimum Gasteiger partial charge on any atom is -0.393 e. The van der Waals surface area contributed by atoms with Crippen LogP contribution in [0.2, 0.25) is 5.02 Å². The fourth-order valence-electron chi connectivity index (χ4n) is 2.07. The molecule has 0 bridgehead atoms. The second kappa shape index (κ2) is 5.12. The summed E-state index contributed by atoms with van der Waals surface area (Å²) in [6.07, 6.45) is 0.227. The van der Waals surface area contributed by atoms with Gasteiger partial charge in [0.25, 0.3) is 5.91 Å². The lowest BCUT2D eigenvalue weighted by Crippen LogP contribution is -2.45. The van der Waals surface area contributed by atoms with Crippen LogP contribution in [0.3, 0.4) is 0 Å². The third kappa shape index (κ3) is 2.57. The van der Waals surface area contributed by atoms with Crippen LogP contribution in [-0.2, 0) is 0 Å². The van der Waals surface area contributed by atoms with Gasteiger partial charge in [0.15, 0.2) is 0 Å². The molecule has 2 rings (SSSR count). The molecule has 0 aliphatic carbocycles. The van der Waals surface area contributed by atoms with Crippen LogP contribution in [0.1, 0.15) is 23.8 Å². The zero-order valence-corrected chi connectivity index (χ0v) is 10.9. The van der Waals surface area contributed by atoms with Gasteiger partial charge in [-0.25, -0.2) is 4.98 Å². The maximum atomic E-state index is 12.3. The molecule has 2 atom stereocenters. The summed E-state index contributed by atoms with van der Waals surface area (Å²) in [6, 6.07) is 3.13. The highest BCUT2D eigenvalue weighted by Crippen LogP contribution is 2.22. The van der Waals surface area contributed by atoms with Gasteiger partial charge < -0.3 is 15.7 Å². The van der Waals surface area contributed by atoms with E-state index in [1.54, 1.807) is 17.0 Å². The van der Waals surface area contributed by atoms with Crippen LogP contribution in [0.15, 0.2) is 12.1 Å². The number of amides is 1. The molecule has 0 radical (unpaired) electrons. The maximum Gasteiger partial charge on any atom is 0.274 e. The van der Waals surface area contributed by atoms with Gasteiger partial charge in [-0.3, -0.25) is 4.79 Å². The van der Waals surface area contributed by atoms with Crippen molar-refractivity contribution < 1.29 is 9.90 Å². The number of aliphatic hydroxyl groups excluding tert-OH is 1. The van der Waals surface area contributed by atoms with Crippen molar-refractivity contribution in [1.29, 1.82) is 0 Å². The third-order valence-electron chi connectivity index (χ3n) is 3.22. The van der Waals surface area contributed by atoms with Crippen molar-refractivity contribution in [2.75, 3.05) is 18.8 Å². The van der Waals surface area contributed by atoms with E-state index in [1.807, 2.05) is 6.92 Å². The Labute approximate surface area is 111 Å². The van der Waals surface area contributed by atoms with Crippen molar-refractivity contribution in [3.63, 3.8) is 0 Å². The Balaban J connectivity index is 2.19. The number of rotatable bonds is 1. The molecule has 6 heteroatoms. The number of piperidine rings is 1. The fourth-order valence-corrected chi connectivity index (χ4v) is 2.26. The van der Waals surface area contributed by atoms with Crippen molar-refractivity contribution in [2.24, 2.45) is 5.92 Å². The van der Waals surface area contributed by atoms with Gasteiger partial charge in [-0.15, -0.1) is 0 Å². The topological polar surface area (TPSA) is 79.5 Å². The molecule has 5 nitrogen and oxygen atoms in total. The first-order valence-corrected chi connectivity index (χ1v) is 6.26. The number of hydrogen-bond donors (Lipinski definition) is 2. The lowest BCUT2D eigenvalue weighted by atomic mass is 9.96. The Hall–Kier alpha value is -1.33. The Kier molecular flexibility index (Phi) is 3.73. The van der Waals surface area contributed by atoms with Crippen LogP contribution in [0.25, 0.3) is 0 Å². The molecule has 3 N–H and O–H groups in total. The van der Waals surface area contributed by atoms with E-state index in [2.05, 4.69) is 4.98 Å². The molecular formula is C12H16ClN3O2. The van der Waals surface area contributed by atoms with Crippen molar-refractivity contribution in [3.05, 3.63) is 22.8 Å². The molecule has 0 spiro atoms. The number of aromatic nitrogens is 1. The molecule has 0 aromatic carbocycles. The predicted octanol–water partition coefficient (Wildman–Crippen LogP) is 1.16. The SMILES string of the molecule is CC1CN(C(=O)c2nc(N)ccc2Cl)CCC1O. The number of nitrogens with two attached hydrogens (primary N) is 1. The van der Waals surface area contributed by atoms with Gasteiger partial charge in [0.05, 0.1) is 11.1 Å². The van der Waals surface area contributed by atoms with E-state index in [0.717, 1.165) is 0 Å². The van der Waals surface area contributed by atoms with E-state index in [0.29, 0.717) is 24.5 Å². The van der Waals surface area contributed by atoms with Crippen molar-refractivity contribution in [2.45, 2.75) is 19.4 Å². The van der Waals surface area contributed by atoms with Gasteiger partial charge in [-0.1, -0.05) is 18.5 Å². The van der Waals surface area contributed by atoms with Gasteiger partial charge in [-0.2, -0.15) is 0 Å². The molecule has 1 aliphatic rings. The van der Waals surface area contributed by atoms with Crippen LogP contribution in [-0.4, -0.2) is 40.1 Å². The quantitative estimate of drug-likeness (QED) is 0.802. The summed E-state index contributed by atoms with van der Waals surface area (Å²) >= 11 is 5.96. The number of carbonyl (C=O) groups is 1. The summed E-state index contributed by atoms with van der Waals surface area (Å²) in [7, 11) is 0. The molecular weight excluding hydrogens is 254 g/mol. The molecule has 1 aliphatic heterocycles. The number of aliphatic hydroxyl groups is 1. The normalized spacial score (nSPS) is 24.1. The van der Waals surface area contributed by atoms with E-state index < -0.39 is 0 Å². The highest BCUT2D eigenvalue weighted by atomic mass is 35.5. The molecule has 98 valence electrons. The summed E-state index contributed by atoms with van der Waals surface area (Å²) in [5.74, 6) is 0.0985. The number of pyridine rings is 1. The Morgan fingerprint density at radius 1 is 1.61 bits per heavy atom. The number of halogens is 1. The Bertz CT molecular complexity index is 467. The fraction of sp³-hybridized carbons (Fsp3) is 0.500. The van der Waals surface area contributed by atoms with E-state index in [-0.39, 0.29) is 29.4 Å². The minimum absolute atomic E-state index is 0.0579. The predicted molar refractivity (Wildman–Crippen MR) is 69.4 cm³/mol. The highest BCUT2D eigenvalue weighted by molar-refractivity contribution is 6.33. The third-order valence-corrected chi connectivity index (χ3v) is 3.52. The number of nitrogens with zero attached hydrogens (tertiary/aromatic N) is 2. The monoisotopic (exact) mass is 269 g/mol. The summed E-state index contributed by atoms with van der Waals surface area (Å²) in [5, 5.41) is 9.95. The zero-order chi connectivity index (χ0) is 13.3.